The zero-order valence-corrected chi connectivity index (χ0v) is 17.4. The summed E-state index contributed by atoms with van der Waals surface area (Å²) in [6.07, 6.45) is 0. The maximum Gasteiger partial charge on any atom is 0.251 e. The van der Waals surface area contributed by atoms with Gasteiger partial charge in [-0.1, -0.05) is 23.7 Å². The molecule has 0 bridgehead atoms. The predicted molar refractivity (Wildman–Crippen MR) is 111 cm³/mol. The van der Waals surface area contributed by atoms with Crippen molar-refractivity contribution in [2.45, 2.75) is 10.1 Å². The van der Waals surface area contributed by atoms with E-state index in [0.29, 0.717) is 21.2 Å². The van der Waals surface area contributed by atoms with Gasteiger partial charge in [0.05, 0.1) is 12.0 Å². The first-order chi connectivity index (χ1) is 13.4. The molecule has 1 amide bonds. The van der Waals surface area contributed by atoms with Crippen LogP contribution in [-0.4, -0.2) is 28.0 Å². The summed E-state index contributed by atoms with van der Waals surface area (Å²) in [6, 6.07) is 16.2. The van der Waals surface area contributed by atoms with Gasteiger partial charge in [0.1, 0.15) is 11.0 Å². The molecule has 28 heavy (non-hydrogen) atoms. The van der Waals surface area contributed by atoms with Crippen molar-refractivity contribution in [2.24, 2.45) is 0 Å². The summed E-state index contributed by atoms with van der Waals surface area (Å²) in [6.45, 7) is -0.0541. The van der Waals surface area contributed by atoms with Gasteiger partial charge in [-0.05, 0) is 53.9 Å². The molecule has 1 aromatic heterocycles. The van der Waals surface area contributed by atoms with Crippen molar-refractivity contribution in [1.82, 2.24) is 5.32 Å². The van der Waals surface area contributed by atoms with Crippen molar-refractivity contribution >= 4 is 38.7 Å². The van der Waals surface area contributed by atoms with Crippen molar-refractivity contribution in [3.8, 4) is 5.75 Å². The van der Waals surface area contributed by atoms with E-state index in [-0.39, 0.29) is 17.3 Å². The van der Waals surface area contributed by atoms with Crippen LogP contribution in [0.3, 0.4) is 0 Å². The Hall–Kier alpha value is -2.35. The number of benzene rings is 2. The third-order valence-electron chi connectivity index (χ3n) is 4.16. The van der Waals surface area contributed by atoms with Gasteiger partial charge >= 0.3 is 0 Å². The Kier molecular flexibility index (Phi) is 6.39. The molecule has 146 valence electrons. The SMILES string of the molecule is COc1cccc(C(=O)NC[C@@H](c2cccs2)S(=O)(=O)c2ccc(Cl)cc2)c1. The molecule has 0 fully saturated rings. The van der Waals surface area contributed by atoms with E-state index in [0.717, 1.165) is 0 Å². The van der Waals surface area contributed by atoms with Crippen molar-refractivity contribution < 1.29 is 17.9 Å². The molecule has 0 aliphatic carbocycles. The summed E-state index contributed by atoms with van der Waals surface area (Å²) >= 11 is 7.21. The monoisotopic (exact) mass is 435 g/mol. The molecule has 0 saturated carbocycles. The number of hydrogen-bond acceptors (Lipinski definition) is 5. The van der Waals surface area contributed by atoms with Crippen LogP contribution in [0.1, 0.15) is 20.5 Å². The Labute approximate surface area is 172 Å². The van der Waals surface area contributed by atoms with Crippen LogP contribution in [0.4, 0.5) is 0 Å². The molecule has 3 aromatic rings. The zero-order chi connectivity index (χ0) is 20.1. The molecule has 2 aromatic carbocycles. The van der Waals surface area contributed by atoms with Crippen LogP contribution in [0.2, 0.25) is 5.02 Å². The highest BCUT2D eigenvalue weighted by molar-refractivity contribution is 7.91. The van der Waals surface area contributed by atoms with Crippen molar-refractivity contribution in [3.05, 3.63) is 81.5 Å². The Balaban J connectivity index is 1.85. The lowest BCUT2D eigenvalue weighted by Gasteiger charge is -2.17. The fraction of sp³-hybridized carbons (Fsp3) is 0.150. The van der Waals surface area contributed by atoms with E-state index in [9.17, 15) is 13.2 Å². The lowest BCUT2D eigenvalue weighted by molar-refractivity contribution is 0.0953. The van der Waals surface area contributed by atoms with E-state index < -0.39 is 15.1 Å². The maximum absolute atomic E-state index is 13.2. The lowest BCUT2D eigenvalue weighted by Crippen LogP contribution is -2.31. The molecule has 0 unspecified atom stereocenters. The minimum atomic E-state index is -3.72. The normalized spacial score (nSPS) is 12.4. The molecular formula is C20H18ClNO4S2. The Morgan fingerprint density at radius 3 is 2.54 bits per heavy atom. The summed E-state index contributed by atoms with van der Waals surface area (Å²) in [5, 5.41) is 4.10. The van der Waals surface area contributed by atoms with Crippen LogP contribution in [0.15, 0.2) is 70.9 Å². The zero-order valence-electron chi connectivity index (χ0n) is 15.0. The number of hydrogen-bond donors (Lipinski definition) is 1. The van der Waals surface area contributed by atoms with Crippen LogP contribution in [0.25, 0.3) is 0 Å². The topological polar surface area (TPSA) is 72.5 Å². The van der Waals surface area contributed by atoms with Gasteiger partial charge in [-0.2, -0.15) is 0 Å². The van der Waals surface area contributed by atoms with Crippen molar-refractivity contribution in [2.75, 3.05) is 13.7 Å². The molecule has 0 radical (unpaired) electrons. The summed E-state index contributed by atoms with van der Waals surface area (Å²) in [4.78, 5) is 13.3. The highest BCUT2D eigenvalue weighted by atomic mass is 35.5. The number of sulfone groups is 1. The molecule has 0 saturated heterocycles. The summed E-state index contributed by atoms with van der Waals surface area (Å²) in [7, 11) is -2.20. The quantitative estimate of drug-likeness (QED) is 0.598. The second kappa shape index (κ2) is 8.77. The third-order valence-corrected chi connectivity index (χ3v) is 7.64. The molecule has 1 heterocycles. The smallest absolute Gasteiger partial charge is 0.251 e. The number of nitrogens with one attached hydrogen (secondary N) is 1. The predicted octanol–water partition coefficient (Wildman–Crippen LogP) is 4.36. The van der Waals surface area contributed by atoms with Crippen LogP contribution in [-0.2, 0) is 9.84 Å². The second-order valence-corrected chi connectivity index (χ2v) is 9.49. The fourth-order valence-corrected chi connectivity index (χ4v) is 5.59. The van der Waals surface area contributed by atoms with Crippen molar-refractivity contribution in [1.29, 1.82) is 0 Å². The Bertz CT molecular complexity index is 1050. The van der Waals surface area contributed by atoms with Gasteiger partial charge in [0.25, 0.3) is 5.91 Å². The number of rotatable bonds is 7. The maximum atomic E-state index is 13.2. The fourth-order valence-electron chi connectivity index (χ4n) is 2.68. The average molecular weight is 436 g/mol. The van der Waals surface area contributed by atoms with Gasteiger partial charge in [0, 0.05) is 22.0 Å². The van der Waals surface area contributed by atoms with Crippen LogP contribution < -0.4 is 10.1 Å². The molecule has 3 rings (SSSR count). The average Bonchev–Trinajstić information content (AvgIpc) is 3.22. The van der Waals surface area contributed by atoms with Gasteiger partial charge in [-0.25, -0.2) is 8.42 Å². The first kappa shape index (κ1) is 20.4. The first-order valence-electron chi connectivity index (χ1n) is 8.37. The Morgan fingerprint density at radius 1 is 1.14 bits per heavy atom. The molecule has 1 atom stereocenters. The number of ether oxygens (including phenoxy) is 1. The van der Waals surface area contributed by atoms with E-state index in [1.54, 1.807) is 36.4 Å². The van der Waals surface area contributed by atoms with E-state index >= 15 is 0 Å². The van der Waals surface area contributed by atoms with E-state index in [2.05, 4.69) is 5.32 Å². The molecular weight excluding hydrogens is 418 g/mol. The van der Waals surface area contributed by atoms with E-state index in [4.69, 9.17) is 16.3 Å². The van der Waals surface area contributed by atoms with Gasteiger partial charge in [0.2, 0.25) is 0 Å². The van der Waals surface area contributed by atoms with Crippen molar-refractivity contribution in [3.63, 3.8) is 0 Å². The summed E-state index contributed by atoms with van der Waals surface area (Å²) in [5.41, 5.74) is 0.396. The highest BCUT2D eigenvalue weighted by Gasteiger charge is 2.30. The summed E-state index contributed by atoms with van der Waals surface area (Å²) < 4.78 is 31.5. The standard InChI is InChI=1S/C20H18ClNO4S2/c1-26-16-5-2-4-14(12-16)20(23)22-13-19(18-6-3-11-27-18)28(24,25)17-9-7-15(21)8-10-17/h2-12,19H,13H2,1H3,(H,22,23)/t19-/m0/s1. The van der Waals surface area contributed by atoms with Gasteiger partial charge in [-0.15, -0.1) is 11.3 Å². The number of thiophene rings is 1. The Morgan fingerprint density at radius 2 is 1.89 bits per heavy atom. The van der Waals surface area contributed by atoms with E-state index in [1.807, 2.05) is 5.38 Å². The number of halogens is 1. The minimum absolute atomic E-state index is 0.0541. The number of methoxy groups -OCH3 is 1. The van der Waals surface area contributed by atoms with Crippen LogP contribution >= 0.6 is 22.9 Å². The molecule has 8 heteroatoms. The lowest BCUT2D eigenvalue weighted by atomic mass is 10.2. The van der Waals surface area contributed by atoms with E-state index in [1.165, 1.54) is 42.7 Å². The highest BCUT2D eigenvalue weighted by Crippen LogP contribution is 2.32. The molecule has 0 aliphatic rings. The van der Waals surface area contributed by atoms with Crippen LogP contribution in [0.5, 0.6) is 5.75 Å². The largest absolute Gasteiger partial charge is 0.497 e. The molecule has 5 nitrogen and oxygen atoms in total. The number of carbonyl (C=O) groups is 1. The molecule has 1 N–H and O–H groups in total. The first-order valence-corrected chi connectivity index (χ1v) is 11.2. The summed E-state index contributed by atoms with van der Waals surface area (Å²) in [5.74, 6) is 0.183. The second-order valence-electron chi connectivity index (χ2n) is 5.94. The van der Waals surface area contributed by atoms with Gasteiger partial charge < -0.3 is 10.1 Å². The number of amides is 1. The molecule has 0 spiro atoms. The number of carbonyl (C=O) groups excluding carboxylic acids is 1. The minimum Gasteiger partial charge on any atom is -0.497 e. The molecule has 0 aliphatic heterocycles. The van der Waals surface area contributed by atoms with Gasteiger partial charge in [0.15, 0.2) is 9.84 Å². The third kappa shape index (κ3) is 4.55. The van der Waals surface area contributed by atoms with Gasteiger partial charge in [-0.3, -0.25) is 4.79 Å². The van der Waals surface area contributed by atoms with Crippen LogP contribution in [0, 0.1) is 0 Å².